The molecule has 1 aliphatic carbocycles. The number of benzene rings is 1. The average molecular weight is 334 g/mol. The molecule has 1 aromatic carbocycles. The largest absolute Gasteiger partial charge is 0.491 e. The van der Waals surface area contributed by atoms with Gasteiger partial charge in [0.1, 0.15) is 5.75 Å². The molecule has 0 spiro atoms. The van der Waals surface area contributed by atoms with E-state index >= 15 is 0 Å². The predicted molar refractivity (Wildman–Crippen MR) is 92.5 cm³/mol. The maximum Gasteiger partial charge on any atom is 0.319 e. The minimum atomic E-state index is -0.740. The molecule has 2 rings (SSSR count). The van der Waals surface area contributed by atoms with Crippen molar-refractivity contribution in [3.05, 3.63) is 23.8 Å². The van der Waals surface area contributed by atoms with Gasteiger partial charge >= 0.3 is 12.0 Å². The van der Waals surface area contributed by atoms with Gasteiger partial charge < -0.3 is 20.5 Å². The number of amides is 2. The third-order valence-electron chi connectivity index (χ3n) is 4.26. The molecular weight excluding hydrogens is 308 g/mol. The Morgan fingerprint density at radius 3 is 2.58 bits per heavy atom. The molecule has 6 heteroatoms. The van der Waals surface area contributed by atoms with Gasteiger partial charge in [0.25, 0.3) is 0 Å². The van der Waals surface area contributed by atoms with E-state index in [1.165, 1.54) is 0 Å². The van der Waals surface area contributed by atoms with Crippen LogP contribution in [0.3, 0.4) is 0 Å². The summed E-state index contributed by atoms with van der Waals surface area (Å²) in [5.74, 6) is -0.353. The Hall–Kier alpha value is -2.24. The van der Waals surface area contributed by atoms with Crippen LogP contribution >= 0.6 is 0 Å². The molecule has 0 unspecified atom stereocenters. The minimum absolute atomic E-state index is 0.0195. The minimum Gasteiger partial charge on any atom is -0.491 e. The maximum absolute atomic E-state index is 12.2. The number of hydrogen-bond acceptors (Lipinski definition) is 3. The molecule has 0 radical (unpaired) electrons. The summed E-state index contributed by atoms with van der Waals surface area (Å²) in [5.41, 5.74) is 1.71. The van der Waals surface area contributed by atoms with Gasteiger partial charge in [-0.05, 0) is 56.7 Å². The zero-order valence-corrected chi connectivity index (χ0v) is 14.3. The summed E-state index contributed by atoms with van der Waals surface area (Å²) in [7, 11) is 0. The molecule has 1 saturated carbocycles. The number of nitrogens with one attached hydrogen (secondary N) is 2. The number of carbonyl (C=O) groups is 2. The summed E-state index contributed by atoms with van der Waals surface area (Å²) in [6.45, 7) is 4.60. The molecular formula is C18H26N2O4. The fourth-order valence-corrected chi connectivity index (χ4v) is 2.89. The lowest BCUT2D eigenvalue weighted by atomic mass is 9.86. The lowest BCUT2D eigenvalue weighted by molar-refractivity contribution is -0.142. The predicted octanol–water partition coefficient (Wildman–Crippen LogP) is 3.55. The Morgan fingerprint density at radius 1 is 1.25 bits per heavy atom. The van der Waals surface area contributed by atoms with Gasteiger partial charge in [-0.25, -0.2) is 4.79 Å². The van der Waals surface area contributed by atoms with Gasteiger partial charge in [-0.15, -0.1) is 0 Å². The molecule has 0 aromatic heterocycles. The highest BCUT2D eigenvalue weighted by atomic mass is 16.5. The van der Waals surface area contributed by atoms with Crippen molar-refractivity contribution in [3.8, 4) is 5.75 Å². The molecule has 1 fully saturated rings. The van der Waals surface area contributed by atoms with Crippen LogP contribution in [0, 0.1) is 12.8 Å². The van der Waals surface area contributed by atoms with E-state index in [1.54, 1.807) is 0 Å². The number of aliphatic carboxylic acids is 1. The monoisotopic (exact) mass is 334 g/mol. The highest BCUT2D eigenvalue weighted by molar-refractivity contribution is 5.91. The molecule has 1 aliphatic rings. The molecule has 0 heterocycles. The van der Waals surface area contributed by atoms with Crippen LogP contribution in [0.1, 0.15) is 44.6 Å². The van der Waals surface area contributed by atoms with E-state index in [2.05, 4.69) is 10.6 Å². The Bertz CT molecular complexity index is 580. The van der Waals surface area contributed by atoms with E-state index in [-0.39, 0.29) is 18.0 Å². The number of hydrogen-bond donors (Lipinski definition) is 3. The first-order valence-corrected chi connectivity index (χ1v) is 8.53. The van der Waals surface area contributed by atoms with Crippen molar-refractivity contribution in [2.24, 2.45) is 5.92 Å². The van der Waals surface area contributed by atoms with Crippen molar-refractivity contribution in [2.45, 2.75) is 52.0 Å². The number of rotatable bonds is 6. The number of aryl methyl sites for hydroxylation is 1. The highest BCUT2D eigenvalue weighted by Crippen LogP contribution is 2.27. The second-order valence-electron chi connectivity index (χ2n) is 6.33. The smallest absolute Gasteiger partial charge is 0.319 e. The first kappa shape index (κ1) is 18.1. The Kier molecular flexibility index (Phi) is 6.46. The second kappa shape index (κ2) is 8.57. The van der Waals surface area contributed by atoms with Gasteiger partial charge in [0, 0.05) is 6.04 Å². The van der Waals surface area contributed by atoms with E-state index in [0.29, 0.717) is 43.7 Å². The van der Waals surface area contributed by atoms with Gasteiger partial charge in [0.2, 0.25) is 0 Å². The van der Waals surface area contributed by atoms with Crippen LogP contribution in [0.25, 0.3) is 0 Å². The lowest BCUT2D eigenvalue weighted by Gasteiger charge is -2.27. The first-order chi connectivity index (χ1) is 11.5. The zero-order chi connectivity index (χ0) is 17.5. The van der Waals surface area contributed by atoms with Crippen LogP contribution in [-0.2, 0) is 4.79 Å². The van der Waals surface area contributed by atoms with Gasteiger partial charge in [-0.2, -0.15) is 0 Å². The first-order valence-electron chi connectivity index (χ1n) is 8.53. The van der Waals surface area contributed by atoms with Crippen molar-refractivity contribution in [3.63, 3.8) is 0 Å². The maximum atomic E-state index is 12.2. The van der Waals surface area contributed by atoms with Crippen molar-refractivity contribution in [1.29, 1.82) is 0 Å². The van der Waals surface area contributed by atoms with Gasteiger partial charge in [0.15, 0.2) is 0 Å². The molecule has 2 amide bonds. The van der Waals surface area contributed by atoms with E-state index in [4.69, 9.17) is 9.84 Å². The number of carbonyl (C=O) groups excluding carboxylic acids is 1. The summed E-state index contributed by atoms with van der Waals surface area (Å²) in [5, 5.41) is 14.8. The van der Waals surface area contributed by atoms with Crippen LogP contribution in [0.5, 0.6) is 5.75 Å². The summed E-state index contributed by atoms with van der Waals surface area (Å²) < 4.78 is 5.69. The van der Waals surface area contributed by atoms with E-state index in [9.17, 15) is 9.59 Å². The van der Waals surface area contributed by atoms with Crippen LogP contribution in [-0.4, -0.2) is 29.8 Å². The van der Waals surface area contributed by atoms with Crippen LogP contribution in [0.4, 0.5) is 10.5 Å². The van der Waals surface area contributed by atoms with Crippen molar-refractivity contribution >= 4 is 17.7 Å². The van der Waals surface area contributed by atoms with Crippen molar-refractivity contribution in [1.82, 2.24) is 5.32 Å². The van der Waals surface area contributed by atoms with Crippen LogP contribution in [0.15, 0.2) is 18.2 Å². The number of anilines is 1. The molecule has 0 bridgehead atoms. The summed E-state index contributed by atoms with van der Waals surface area (Å²) in [6, 6.07) is 5.40. The Morgan fingerprint density at radius 2 is 1.96 bits per heavy atom. The van der Waals surface area contributed by atoms with Crippen LogP contribution in [0.2, 0.25) is 0 Å². The quantitative estimate of drug-likeness (QED) is 0.742. The average Bonchev–Trinajstić information content (AvgIpc) is 2.55. The summed E-state index contributed by atoms with van der Waals surface area (Å²) in [4.78, 5) is 23.2. The summed E-state index contributed by atoms with van der Waals surface area (Å²) >= 11 is 0. The fourth-order valence-electron chi connectivity index (χ4n) is 2.89. The number of carboxylic acids is 1. The molecule has 3 N–H and O–H groups in total. The molecule has 1 aromatic rings. The number of ether oxygens (including phenoxy) is 1. The van der Waals surface area contributed by atoms with Gasteiger partial charge in [-0.3, -0.25) is 4.79 Å². The third-order valence-corrected chi connectivity index (χ3v) is 4.26. The standard InChI is InChI=1S/C18H26N2O4/c1-3-10-24-16-11-12(2)4-9-15(16)20-18(23)19-14-7-5-13(6-8-14)17(21)22/h4,9,11,13-14H,3,5-8,10H2,1-2H3,(H,21,22)(H2,19,20,23). The van der Waals surface area contributed by atoms with Crippen molar-refractivity contribution in [2.75, 3.05) is 11.9 Å². The van der Waals surface area contributed by atoms with Crippen LogP contribution < -0.4 is 15.4 Å². The summed E-state index contributed by atoms with van der Waals surface area (Å²) in [6.07, 6.45) is 3.49. The van der Waals surface area contributed by atoms with Gasteiger partial charge in [0.05, 0.1) is 18.2 Å². The SMILES string of the molecule is CCCOc1cc(C)ccc1NC(=O)NC1CCC(C(=O)O)CC1. The Labute approximate surface area is 142 Å². The van der Waals surface area contributed by atoms with Crippen molar-refractivity contribution < 1.29 is 19.4 Å². The molecule has 6 nitrogen and oxygen atoms in total. The van der Waals surface area contributed by atoms with Gasteiger partial charge in [-0.1, -0.05) is 13.0 Å². The topological polar surface area (TPSA) is 87.7 Å². The Balaban J connectivity index is 1.89. The number of urea groups is 1. The van der Waals surface area contributed by atoms with E-state index in [0.717, 1.165) is 12.0 Å². The lowest BCUT2D eigenvalue weighted by Crippen LogP contribution is -2.41. The second-order valence-corrected chi connectivity index (χ2v) is 6.33. The van der Waals surface area contributed by atoms with E-state index in [1.807, 2.05) is 32.0 Å². The zero-order valence-electron chi connectivity index (χ0n) is 14.3. The molecule has 24 heavy (non-hydrogen) atoms. The molecule has 0 atom stereocenters. The highest BCUT2D eigenvalue weighted by Gasteiger charge is 2.26. The molecule has 0 saturated heterocycles. The normalized spacial score (nSPS) is 20.2. The molecule has 132 valence electrons. The van der Waals surface area contributed by atoms with E-state index < -0.39 is 5.97 Å². The molecule has 0 aliphatic heterocycles. The fraction of sp³-hybridized carbons (Fsp3) is 0.556. The third kappa shape index (κ3) is 5.15. The number of carboxylic acid groups (broad SMARTS) is 1.